The summed E-state index contributed by atoms with van der Waals surface area (Å²) in [6.45, 7) is 7.68. The second kappa shape index (κ2) is 9.35. The number of rotatable bonds is 3. The van der Waals surface area contributed by atoms with E-state index in [0.29, 0.717) is 39.1 Å². The van der Waals surface area contributed by atoms with Crippen LogP contribution in [0.1, 0.15) is 30.4 Å². The van der Waals surface area contributed by atoms with Crippen molar-refractivity contribution in [1.82, 2.24) is 15.1 Å². The quantitative estimate of drug-likeness (QED) is 0.732. The van der Waals surface area contributed by atoms with Crippen molar-refractivity contribution in [3.05, 3.63) is 29.3 Å². The third-order valence-electron chi connectivity index (χ3n) is 6.30. The smallest absolute Gasteiger partial charge is 0.239 e. The fourth-order valence-electron chi connectivity index (χ4n) is 4.91. The number of aryl methyl sites for hydroxylation is 2. The standard InChI is InChI=1S/C22H30N4O3.ClH/c1-15-10-16(2)12-18(11-15)26-8-5-19(22(26)29)21(28)24-7-3-4-17(14-24)25-9-6-23-13-20(25)27;/h10-12,17,19,23H,3-9,13-14H2,1-2H3;1H. The topological polar surface area (TPSA) is 73.0 Å². The highest BCUT2D eigenvalue weighted by Crippen LogP contribution is 2.29. The van der Waals surface area contributed by atoms with Crippen molar-refractivity contribution in [3.8, 4) is 0 Å². The average Bonchev–Trinajstić information content (AvgIpc) is 3.08. The molecule has 1 aromatic carbocycles. The molecule has 1 N–H and O–H groups in total. The van der Waals surface area contributed by atoms with Gasteiger partial charge in [-0.1, -0.05) is 6.07 Å². The van der Waals surface area contributed by atoms with Gasteiger partial charge in [0.2, 0.25) is 17.7 Å². The maximum atomic E-state index is 13.2. The number of hydrogen-bond donors (Lipinski definition) is 1. The van der Waals surface area contributed by atoms with E-state index in [1.807, 2.05) is 35.8 Å². The molecule has 0 radical (unpaired) electrons. The lowest BCUT2D eigenvalue weighted by molar-refractivity contribution is -0.145. The van der Waals surface area contributed by atoms with E-state index in [0.717, 1.165) is 36.2 Å². The first-order chi connectivity index (χ1) is 13.9. The third kappa shape index (κ3) is 4.47. The molecule has 4 rings (SSSR count). The molecule has 1 aromatic rings. The molecular weight excluding hydrogens is 404 g/mol. The molecule has 30 heavy (non-hydrogen) atoms. The first-order valence-electron chi connectivity index (χ1n) is 10.6. The van der Waals surface area contributed by atoms with Crippen LogP contribution in [0.3, 0.4) is 0 Å². The molecule has 2 unspecified atom stereocenters. The van der Waals surface area contributed by atoms with Crippen LogP contribution in [-0.4, -0.2) is 72.8 Å². The van der Waals surface area contributed by atoms with Crippen LogP contribution in [0.25, 0.3) is 0 Å². The van der Waals surface area contributed by atoms with Crippen molar-refractivity contribution in [2.75, 3.05) is 44.2 Å². The summed E-state index contributed by atoms with van der Waals surface area (Å²) in [7, 11) is 0. The highest BCUT2D eigenvalue weighted by atomic mass is 35.5. The van der Waals surface area contributed by atoms with E-state index in [1.165, 1.54) is 0 Å². The molecule has 0 saturated carbocycles. The molecule has 3 fully saturated rings. The number of piperidine rings is 1. The van der Waals surface area contributed by atoms with E-state index >= 15 is 0 Å². The summed E-state index contributed by atoms with van der Waals surface area (Å²) in [4.78, 5) is 44.0. The summed E-state index contributed by atoms with van der Waals surface area (Å²) in [6.07, 6.45) is 2.34. The predicted octanol–water partition coefficient (Wildman–Crippen LogP) is 1.50. The number of amides is 3. The molecule has 3 amide bonds. The molecule has 2 atom stereocenters. The molecule has 0 aromatic heterocycles. The number of halogens is 1. The van der Waals surface area contributed by atoms with Crippen LogP contribution < -0.4 is 10.2 Å². The Balaban J connectivity index is 0.00000256. The van der Waals surface area contributed by atoms with Gasteiger partial charge in [0.25, 0.3) is 0 Å². The van der Waals surface area contributed by atoms with E-state index in [2.05, 4.69) is 11.4 Å². The molecule has 3 aliphatic rings. The Morgan fingerprint density at radius 3 is 2.47 bits per heavy atom. The maximum Gasteiger partial charge on any atom is 0.239 e. The zero-order valence-electron chi connectivity index (χ0n) is 17.7. The second-order valence-electron chi connectivity index (χ2n) is 8.52. The molecule has 7 nitrogen and oxygen atoms in total. The van der Waals surface area contributed by atoms with Crippen molar-refractivity contribution >= 4 is 35.8 Å². The fraction of sp³-hybridized carbons (Fsp3) is 0.591. The van der Waals surface area contributed by atoms with Gasteiger partial charge >= 0.3 is 0 Å². The van der Waals surface area contributed by atoms with Crippen LogP contribution in [0.15, 0.2) is 18.2 Å². The summed E-state index contributed by atoms with van der Waals surface area (Å²) in [5.41, 5.74) is 3.11. The Labute approximate surface area is 184 Å². The summed E-state index contributed by atoms with van der Waals surface area (Å²) in [5.74, 6) is -0.670. The average molecular weight is 435 g/mol. The number of likely N-dealkylation sites (tertiary alicyclic amines) is 1. The maximum absolute atomic E-state index is 13.2. The molecule has 8 heteroatoms. The van der Waals surface area contributed by atoms with E-state index in [9.17, 15) is 14.4 Å². The molecule has 0 bridgehead atoms. The van der Waals surface area contributed by atoms with Crippen molar-refractivity contribution in [1.29, 1.82) is 0 Å². The van der Waals surface area contributed by atoms with E-state index in [-0.39, 0.29) is 36.2 Å². The number of hydrogen-bond acceptors (Lipinski definition) is 4. The van der Waals surface area contributed by atoms with Crippen LogP contribution in [0, 0.1) is 19.8 Å². The van der Waals surface area contributed by atoms with Crippen LogP contribution in [0.4, 0.5) is 5.69 Å². The number of carbonyl (C=O) groups is 3. The van der Waals surface area contributed by atoms with Crippen LogP contribution in [-0.2, 0) is 14.4 Å². The summed E-state index contributed by atoms with van der Waals surface area (Å²) in [5, 5.41) is 3.09. The Hall–Kier alpha value is -2.12. The Bertz CT molecular complexity index is 810. The number of benzene rings is 1. The molecule has 3 aliphatic heterocycles. The monoisotopic (exact) mass is 434 g/mol. The third-order valence-corrected chi connectivity index (χ3v) is 6.30. The molecular formula is C22H31ClN4O3. The number of anilines is 1. The van der Waals surface area contributed by atoms with Crippen LogP contribution >= 0.6 is 12.4 Å². The lowest BCUT2D eigenvalue weighted by Crippen LogP contribution is -2.58. The van der Waals surface area contributed by atoms with Gasteiger partial charge in [-0.25, -0.2) is 0 Å². The minimum Gasteiger partial charge on any atom is -0.340 e. The Morgan fingerprint density at radius 1 is 1.03 bits per heavy atom. The molecule has 164 valence electrons. The number of nitrogens with one attached hydrogen (secondary N) is 1. The lowest BCUT2D eigenvalue weighted by atomic mass is 9.99. The van der Waals surface area contributed by atoms with Gasteiger partial charge < -0.3 is 20.0 Å². The zero-order valence-corrected chi connectivity index (χ0v) is 18.5. The number of nitrogens with zero attached hydrogens (tertiary/aromatic N) is 3. The fourth-order valence-corrected chi connectivity index (χ4v) is 4.91. The first-order valence-corrected chi connectivity index (χ1v) is 10.6. The Kier molecular flexibility index (Phi) is 7.03. The van der Waals surface area contributed by atoms with Gasteiger partial charge in [0.05, 0.1) is 6.54 Å². The summed E-state index contributed by atoms with van der Waals surface area (Å²) in [6, 6.07) is 6.15. The van der Waals surface area contributed by atoms with Crippen molar-refractivity contribution in [2.45, 2.75) is 39.2 Å². The zero-order chi connectivity index (χ0) is 20.5. The highest BCUT2D eigenvalue weighted by Gasteiger charge is 2.41. The SMILES string of the molecule is Cc1cc(C)cc(N2CCC(C(=O)N3CCCC(N4CCNCC4=O)C3)C2=O)c1.Cl. The lowest BCUT2D eigenvalue weighted by Gasteiger charge is -2.41. The largest absolute Gasteiger partial charge is 0.340 e. The van der Waals surface area contributed by atoms with Gasteiger partial charge in [-0.15, -0.1) is 12.4 Å². The van der Waals surface area contributed by atoms with Crippen molar-refractivity contribution in [2.24, 2.45) is 5.92 Å². The molecule has 0 aliphatic carbocycles. The van der Waals surface area contributed by atoms with Crippen molar-refractivity contribution in [3.63, 3.8) is 0 Å². The summed E-state index contributed by atoms with van der Waals surface area (Å²) < 4.78 is 0. The Morgan fingerprint density at radius 2 is 1.77 bits per heavy atom. The molecule has 0 spiro atoms. The van der Waals surface area contributed by atoms with Gasteiger partial charge in [-0.3, -0.25) is 14.4 Å². The number of piperazine rings is 1. The van der Waals surface area contributed by atoms with E-state index < -0.39 is 5.92 Å². The second-order valence-corrected chi connectivity index (χ2v) is 8.52. The van der Waals surface area contributed by atoms with Gasteiger partial charge in [-0.2, -0.15) is 0 Å². The predicted molar refractivity (Wildman–Crippen MR) is 118 cm³/mol. The van der Waals surface area contributed by atoms with E-state index in [1.54, 1.807) is 4.90 Å². The summed E-state index contributed by atoms with van der Waals surface area (Å²) >= 11 is 0. The minimum atomic E-state index is -0.603. The molecule has 3 heterocycles. The van der Waals surface area contributed by atoms with E-state index in [4.69, 9.17) is 0 Å². The van der Waals surface area contributed by atoms with Gasteiger partial charge in [0, 0.05) is 44.5 Å². The number of carbonyl (C=O) groups excluding carboxylic acids is 3. The van der Waals surface area contributed by atoms with Gasteiger partial charge in [0.15, 0.2) is 0 Å². The normalized spacial score (nSPS) is 24.8. The van der Waals surface area contributed by atoms with Crippen LogP contribution in [0.2, 0.25) is 0 Å². The van der Waals surface area contributed by atoms with Crippen LogP contribution in [0.5, 0.6) is 0 Å². The molecule has 3 saturated heterocycles. The van der Waals surface area contributed by atoms with Crippen molar-refractivity contribution < 1.29 is 14.4 Å². The van der Waals surface area contributed by atoms with Gasteiger partial charge in [-0.05, 0) is 56.4 Å². The van der Waals surface area contributed by atoms with Gasteiger partial charge in [0.1, 0.15) is 5.92 Å². The first kappa shape index (κ1) is 22.6. The highest BCUT2D eigenvalue weighted by molar-refractivity contribution is 6.09. The minimum absolute atomic E-state index is 0.